The third-order valence-electron chi connectivity index (χ3n) is 2.86. The molecule has 0 amide bonds. The van der Waals surface area contributed by atoms with E-state index in [1.807, 2.05) is 6.92 Å². The molecule has 0 aromatic heterocycles. The van der Waals surface area contributed by atoms with Gasteiger partial charge in [-0.2, -0.15) is 8.42 Å². The van der Waals surface area contributed by atoms with Gasteiger partial charge in [0.2, 0.25) is 0 Å². The molecule has 5 nitrogen and oxygen atoms in total. The maximum absolute atomic E-state index is 12.2. The van der Waals surface area contributed by atoms with Crippen molar-refractivity contribution in [3.05, 3.63) is 47.5 Å². The number of nitrogens with two attached hydrogens (primary N) is 2. The molecule has 0 saturated heterocycles. The maximum atomic E-state index is 12.2. The minimum absolute atomic E-state index is 0.136. The molecule has 0 bridgehead atoms. The van der Waals surface area contributed by atoms with Crippen LogP contribution in [0.25, 0.3) is 0 Å². The van der Waals surface area contributed by atoms with Crippen molar-refractivity contribution in [2.45, 2.75) is 18.7 Å². The minimum Gasteiger partial charge on any atom is -0.397 e. The molecule has 2 rings (SSSR count). The predicted molar refractivity (Wildman–Crippen MR) is 79.0 cm³/mol. The van der Waals surface area contributed by atoms with Gasteiger partial charge in [0.15, 0.2) is 0 Å². The summed E-state index contributed by atoms with van der Waals surface area (Å²) in [7, 11) is -3.89. The van der Waals surface area contributed by atoms with E-state index >= 15 is 0 Å². The highest BCUT2D eigenvalue weighted by Gasteiger charge is 2.19. The number of anilines is 2. The molecule has 0 aliphatic rings. The molecule has 0 saturated carbocycles. The van der Waals surface area contributed by atoms with Gasteiger partial charge in [-0.05, 0) is 37.6 Å². The normalized spacial score (nSPS) is 11.3. The van der Waals surface area contributed by atoms with Crippen LogP contribution in [-0.2, 0) is 10.1 Å². The van der Waals surface area contributed by atoms with Crippen LogP contribution in [-0.4, -0.2) is 8.42 Å². The highest BCUT2D eigenvalue weighted by atomic mass is 32.2. The molecule has 0 radical (unpaired) electrons. The zero-order chi connectivity index (χ0) is 14.9. The summed E-state index contributed by atoms with van der Waals surface area (Å²) in [6.07, 6.45) is 0. The van der Waals surface area contributed by atoms with E-state index in [0.29, 0.717) is 11.3 Å². The van der Waals surface area contributed by atoms with E-state index in [1.165, 1.54) is 24.3 Å². The Hall–Kier alpha value is -2.21. The standard InChI is InChI=1S/C14H16N2O3S/c1-9-3-6-14(10(2)7-9)20(17,18)19-11-4-5-12(15)13(16)8-11/h3-8H,15-16H2,1-2H3. The Bertz CT molecular complexity index is 755. The Kier molecular flexibility index (Phi) is 3.59. The van der Waals surface area contributed by atoms with E-state index in [4.69, 9.17) is 15.7 Å². The van der Waals surface area contributed by atoms with Crippen LogP contribution >= 0.6 is 0 Å². The minimum atomic E-state index is -3.89. The van der Waals surface area contributed by atoms with E-state index in [2.05, 4.69) is 0 Å². The van der Waals surface area contributed by atoms with Gasteiger partial charge < -0.3 is 15.7 Å². The van der Waals surface area contributed by atoms with Crippen molar-refractivity contribution < 1.29 is 12.6 Å². The summed E-state index contributed by atoms with van der Waals surface area (Å²) in [5.41, 5.74) is 13.5. The average Bonchev–Trinajstić information content (AvgIpc) is 2.33. The second-order valence-electron chi connectivity index (χ2n) is 4.60. The fourth-order valence-corrected chi connectivity index (χ4v) is 2.99. The van der Waals surface area contributed by atoms with Crippen LogP contribution in [0.2, 0.25) is 0 Å². The molecule has 0 aliphatic carbocycles. The van der Waals surface area contributed by atoms with E-state index in [0.717, 1.165) is 5.56 Å². The summed E-state index contributed by atoms with van der Waals surface area (Å²) in [6, 6.07) is 9.39. The molecule has 0 aliphatic heterocycles. The van der Waals surface area contributed by atoms with Crippen molar-refractivity contribution in [1.29, 1.82) is 0 Å². The number of hydrogen-bond donors (Lipinski definition) is 2. The van der Waals surface area contributed by atoms with E-state index in [1.54, 1.807) is 19.1 Å². The molecule has 0 heterocycles. The van der Waals surface area contributed by atoms with Gasteiger partial charge in [-0.1, -0.05) is 17.7 Å². The SMILES string of the molecule is Cc1ccc(S(=O)(=O)Oc2ccc(N)c(N)c2)c(C)c1. The Labute approximate surface area is 118 Å². The van der Waals surface area contributed by atoms with Crippen molar-refractivity contribution in [3.63, 3.8) is 0 Å². The smallest absolute Gasteiger partial charge is 0.339 e. The summed E-state index contributed by atoms with van der Waals surface area (Å²) in [6.45, 7) is 3.62. The van der Waals surface area contributed by atoms with Gasteiger partial charge in [-0.25, -0.2) is 0 Å². The zero-order valence-corrected chi connectivity index (χ0v) is 12.1. The second-order valence-corrected chi connectivity index (χ2v) is 6.11. The molecular weight excluding hydrogens is 276 g/mol. The molecule has 2 aromatic carbocycles. The largest absolute Gasteiger partial charge is 0.397 e. The third-order valence-corrected chi connectivity index (χ3v) is 4.27. The van der Waals surface area contributed by atoms with Crippen LogP contribution in [0.3, 0.4) is 0 Å². The van der Waals surface area contributed by atoms with Crippen LogP contribution in [0.1, 0.15) is 11.1 Å². The lowest BCUT2D eigenvalue weighted by Crippen LogP contribution is -2.11. The average molecular weight is 292 g/mol. The van der Waals surface area contributed by atoms with Crippen molar-refractivity contribution in [2.75, 3.05) is 11.5 Å². The van der Waals surface area contributed by atoms with Crippen molar-refractivity contribution in [3.8, 4) is 5.75 Å². The quantitative estimate of drug-likeness (QED) is 0.668. The molecule has 0 atom stereocenters. The van der Waals surface area contributed by atoms with Crippen LogP contribution in [0.4, 0.5) is 11.4 Å². The maximum Gasteiger partial charge on any atom is 0.339 e. The van der Waals surface area contributed by atoms with Crippen LogP contribution in [0, 0.1) is 13.8 Å². The number of benzene rings is 2. The molecule has 0 spiro atoms. The van der Waals surface area contributed by atoms with Crippen molar-refractivity contribution >= 4 is 21.5 Å². The molecule has 0 fully saturated rings. The second kappa shape index (κ2) is 5.05. The van der Waals surface area contributed by atoms with Crippen molar-refractivity contribution in [2.24, 2.45) is 0 Å². The van der Waals surface area contributed by atoms with E-state index < -0.39 is 10.1 Å². The lowest BCUT2D eigenvalue weighted by atomic mass is 10.2. The molecule has 6 heteroatoms. The highest BCUT2D eigenvalue weighted by molar-refractivity contribution is 7.87. The molecule has 4 N–H and O–H groups in total. The number of rotatable bonds is 3. The van der Waals surface area contributed by atoms with Gasteiger partial charge in [-0.3, -0.25) is 0 Å². The molecule has 20 heavy (non-hydrogen) atoms. The first-order valence-electron chi connectivity index (χ1n) is 5.96. The van der Waals surface area contributed by atoms with Crippen LogP contribution in [0.15, 0.2) is 41.3 Å². The van der Waals surface area contributed by atoms with Crippen LogP contribution in [0.5, 0.6) is 5.75 Å². The topological polar surface area (TPSA) is 95.4 Å². The van der Waals surface area contributed by atoms with E-state index in [-0.39, 0.29) is 16.3 Å². The Morgan fingerprint density at radius 3 is 2.25 bits per heavy atom. The van der Waals surface area contributed by atoms with Crippen molar-refractivity contribution in [1.82, 2.24) is 0 Å². The Morgan fingerprint density at radius 2 is 1.65 bits per heavy atom. The summed E-state index contributed by atoms with van der Waals surface area (Å²) in [4.78, 5) is 0.137. The lowest BCUT2D eigenvalue weighted by Gasteiger charge is -2.10. The summed E-state index contributed by atoms with van der Waals surface area (Å²) in [5, 5.41) is 0. The first-order chi connectivity index (χ1) is 9.29. The fourth-order valence-electron chi connectivity index (χ4n) is 1.86. The zero-order valence-electron chi connectivity index (χ0n) is 11.3. The fraction of sp³-hybridized carbons (Fsp3) is 0.143. The summed E-state index contributed by atoms with van der Waals surface area (Å²) in [5.74, 6) is 0.136. The highest BCUT2D eigenvalue weighted by Crippen LogP contribution is 2.26. The number of aryl methyl sites for hydroxylation is 2. The Morgan fingerprint density at radius 1 is 0.950 bits per heavy atom. The van der Waals surface area contributed by atoms with E-state index in [9.17, 15) is 8.42 Å². The van der Waals surface area contributed by atoms with Gasteiger partial charge in [0.1, 0.15) is 10.6 Å². The molecule has 0 unspecified atom stereocenters. The van der Waals surface area contributed by atoms with Gasteiger partial charge in [0.25, 0.3) is 0 Å². The first kappa shape index (κ1) is 14.2. The van der Waals surface area contributed by atoms with Gasteiger partial charge in [0.05, 0.1) is 11.4 Å². The molecule has 106 valence electrons. The molecule has 2 aromatic rings. The van der Waals surface area contributed by atoms with Crippen LogP contribution < -0.4 is 15.7 Å². The van der Waals surface area contributed by atoms with Gasteiger partial charge in [0, 0.05) is 6.07 Å². The lowest BCUT2D eigenvalue weighted by molar-refractivity contribution is 0.485. The monoisotopic (exact) mass is 292 g/mol. The summed E-state index contributed by atoms with van der Waals surface area (Å²) >= 11 is 0. The predicted octanol–water partition coefficient (Wildman–Crippen LogP) is 2.24. The summed E-state index contributed by atoms with van der Waals surface area (Å²) < 4.78 is 29.6. The van der Waals surface area contributed by atoms with Gasteiger partial charge in [-0.15, -0.1) is 0 Å². The number of hydrogen-bond acceptors (Lipinski definition) is 5. The first-order valence-corrected chi connectivity index (χ1v) is 7.37. The van der Waals surface area contributed by atoms with Gasteiger partial charge >= 0.3 is 10.1 Å². The number of nitrogen functional groups attached to an aromatic ring is 2. The Balaban J connectivity index is 2.38. The third kappa shape index (κ3) is 2.85. The molecular formula is C14H16N2O3S.